The van der Waals surface area contributed by atoms with Gasteiger partial charge in [0.05, 0.1) is 19.1 Å². The maximum atomic E-state index is 12.8. The van der Waals surface area contributed by atoms with Gasteiger partial charge in [0.1, 0.15) is 11.8 Å². The quantitative estimate of drug-likeness (QED) is 0.792. The van der Waals surface area contributed by atoms with Crippen LogP contribution in [0.5, 0.6) is 5.75 Å². The molecule has 134 valence electrons. The maximum Gasteiger partial charge on any atom is 0.250 e. The molecule has 0 aliphatic rings. The van der Waals surface area contributed by atoms with Crippen LogP contribution in [0.15, 0.2) is 54.6 Å². The summed E-state index contributed by atoms with van der Waals surface area (Å²) in [6.07, 6.45) is 1.09. The zero-order valence-corrected chi connectivity index (χ0v) is 15.5. The molecule has 0 aliphatic heterocycles. The van der Waals surface area contributed by atoms with Gasteiger partial charge in [0.2, 0.25) is 15.9 Å². The van der Waals surface area contributed by atoms with E-state index < -0.39 is 16.1 Å². The molecule has 2 aromatic carbocycles. The van der Waals surface area contributed by atoms with E-state index in [0.717, 1.165) is 10.6 Å². The lowest BCUT2D eigenvalue weighted by molar-refractivity contribution is -0.119. The highest BCUT2D eigenvalue weighted by molar-refractivity contribution is 7.92. The third-order valence-electron chi connectivity index (χ3n) is 3.87. The molecule has 0 N–H and O–H groups in total. The van der Waals surface area contributed by atoms with E-state index in [1.807, 2.05) is 18.2 Å². The Labute approximate surface area is 148 Å². The normalized spacial score (nSPS) is 12.3. The van der Waals surface area contributed by atoms with Gasteiger partial charge >= 0.3 is 0 Å². The van der Waals surface area contributed by atoms with Crippen molar-refractivity contribution in [2.24, 2.45) is 0 Å². The summed E-state index contributed by atoms with van der Waals surface area (Å²) in [6, 6.07) is 14.7. The largest absolute Gasteiger partial charge is 0.497 e. The Morgan fingerprint density at radius 1 is 1.00 bits per heavy atom. The molecule has 0 saturated carbocycles. The predicted octanol–water partition coefficient (Wildman–Crippen LogP) is 2.51. The van der Waals surface area contributed by atoms with Crippen LogP contribution in [0.3, 0.4) is 0 Å². The summed E-state index contributed by atoms with van der Waals surface area (Å²) in [6.45, 7) is 1.58. The molecule has 0 saturated heterocycles. The first-order valence-corrected chi connectivity index (χ1v) is 9.56. The Kier molecular flexibility index (Phi) is 5.69. The number of carbonyl (C=O) groups excluding carboxylic acids is 1. The standard InChI is InChI=1S/C18H22N2O4S/c1-14(18(21)19(2)15-8-6-5-7-9-15)20(25(4,22)23)16-10-12-17(24-3)13-11-16/h5-14H,1-4H3/t14-/m0/s1. The number of hydrogen-bond acceptors (Lipinski definition) is 4. The molecule has 2 aromatic rings. The average molecular weight is 362 g/mol. The van der Waals surface area contributed by atoms with Crippen LogP contribution in [0.2, 0.25) is 0 Å². The lowest BCUT2D eigenvalue weighted by atomic mass is 10.2. The van der Waals surface area contributed by atoms with Gasteiger partial charge in [-0.3, -0.25) is 9.10 Å². The second kappa shape index (κ2) is 7.57. The number of anilines is 2. The van der Waals surface area contributed by atoms with Crippen molar-refractivity contribution in [3.63, 3.8) is 0 Å². The molecule has 0 fully saturated rings. The Hall–Kier alpha value is -2.54. The molecular weight excluding hydrogens is 340 g/mol. The number of methoxy groups -OCH3 is 1. The van der Waals surface area contributed by atoms with E-state index in [2.05, 4.69) is 0 Å². The lowest BCUT2D eigenvalue weighted by Gasteiger charge is -2.31. The van der Waals surface area contributed by atoms with Crippen molar-refractivity contribution in [1.82, 2.24) is 0 Å². The van der Waals surface area contributed by atoms with E-state index >= 15 is 0 Å². The highest BCUT2D eigenvalue weighted by atomic mass is 32.2. The van der Waals surface area contributed by atoms with Crippen LogP contribution in [-0.4, -0.2) is 40.8 Å². The maximum absolute atomic E-state index is 12.8. The minimum atomic E-state index is -3.65. The van der Waals surface area contributed by atoms with Gasteiger partial charge in [-0.2, -0.15) is 0 Å². The van der Waals surface area contributed by atoms with Crippen LogP contribution in [0, 0.1) is 0 Å². The van der Waals surface area contributed by atoms with Crippen LogP contribution in [0.25, 0.3) is 0 Å². The van der Waals surface area contributed by atoms with Gasteiger partial charge in [-0.15, -0.1) is 0 Å². The van der Waals surface area contributed by atoms with Crippen LogP contribution in [-0.2, 0) is 14.8 Å². The van der Waals surface area contributed by atoms with Crippen molar-refractivity contribution in [3.05, 3.63) is 54.6 Å². The molecule has 0 bridgehead atoms. The molecule has 0 heterocycles. The Morgan fingerprint density at radius 2 is 1.56 bits per heavy atom. The number of rotatable bonds is 6. The van der Waals surface area contributed by atoms with Crippen molar-refractivity contribution < 1.29 is 17.9 Å². The van der Waals surface area contributed by atoms with Crippen molar-refractivity contribution in [2.75, 3.05) is 29.6 Å². The van der Waals surface area contributed by atoms with E-state index in [-0.39, 0.29) is 5.91 Å². The van der Waals surface area contributed by atoms with Crippen LogP contribution in [0.4, 0.5) is 11.4 Å². The van der Waals surface area contributed by atoms with Gasteiger partial charge in [0.25, 0.3) is 0 Å². The topological polar surface area (TPSA) is 66.9 Å². The minimum absolute atomic E-state index is 0.326. The summed E-state index contributed by atoms with van der Waals surface area (Å²) in [4.78, 5) is 14.3. The fourth-order valence-corrected chi connectivity index (χ4v) is 3.76. The van der Waals surface area contributed by atoms with E-state index in [9.17, 15) is 13.2 Å². The minimum Gasteiger partial charge on any atom is -0.497 e. The van der Waals surface area contributed by atoms with Crippen LogP contribution < -0.4 is 13.9 Å². The lowest BCUT2D eigenvalue weighted by Crippen LogP contribution is -2.48. The highest BCUT2D eigenvalue weighted by Crippen LogP contribution is 2.25. The summed E-state index contributed by atoms with van der Waals surface area (Å²) < 4.78 is 30.8. The van der Waals surface area contributed by atoms with E-state index in [0.29, 0.717) is 17.1 Å². The molecule has 1 atom stereocenters. The predicted molar refractivity (Wildman–Crippen MR) is 99.6 cm³/mol. The molecule has 0 aromatic heterocycles. The van der Waals surface area contributed by atoms with Crippen molar-refractivity contribution in [3.8, 4) is 5.75 Å². The molecule has 6 nitrogen and oxygen atoms in total. The van der Waals surface area contributed by atoms with Gasteiger partial charge in [-0.05, 0) is 43.3 Å². The summed E-state index contributed by atoms with van der Waals surface area (Å²) in [5, 5.41) is 0. The smallest absolute Gasteiger partial charge is 0.250 e. The number of hydrogen-bond donors (Lipinski definition) is 0. The SMILES string of the molecule is COc1ccc(N([C@@H](C)C(=O)N(C)c2ccccc2)S(C)(=O)=O)cc1. The molecule has 1 amide bonds. The monoisotopic (exact) mass is 362 g/mol. The second-order valence-electron chi connectivity index (χ2n) is 5.67. The number of sulfonamides is 1. The van der Waals surface area contributed by atoms with Gasteiger partial charge in [0.15, 0.2) is 0 Å². The van der Waals surface area contributed by atoms with Gasteiger partial charge in [0, 0.05) is 12.7 Å². The molecule has 25 heavy (non-hydrogen) atoms. The molecule has 0 spiro atoms. The third-order valence-corrected chi connectivity index (χ3v) is 5.11. The fourth-order valence-electron chi connectivity index (χ4n) is 2.59. The molecule has 0 unspecified atom stereocenters. The molecular formula is C18H22N2O4S. The number of amides is 1. The van der Waals surface area contributed by atoms with Gasteiger partial charge < -0.3 is 9.64 Å². The van der Waals surface area contributed by atoms with Crippen molar-refractivity contribution in [1.29, 1.82) is 0 Å². The van der Waals surface area contributed by atoms with Crippen LogP contribution in [0.1, 0.15) is 6.92 Å². The third kappa shape index (κ3) is 4.30. The summed E-state index contributed by atoms with van der Waals surface area (Å²) in [5.74, 6) is 0.282. The molecule has 2 rings (SSSR count). The van der Waals surface area contributed by atoms with E-state index in [1.165, 1.54) is 12.0 Å². The first-order valence-electron chi connectivity index (χ1n) is 7.71. The van der Waals surface area contributed by atoms with E-state index in [1.54, 1.807) is 50.4 Å². The first-order chi connectivity index (χ1) is 11.8. The van der Waals surface area contributed by atoms with Crippen LogP contribution >= 0.6 is 0 Å². The number of para-hydroxylation sites is 1. The fraction of sp³-hybridized carbons (Fsp3) is 0.278. The average Bonchev–Trinajstić information content (AvgIpc) is 2.60. The second-order valence-corrected chi connectivity index (χ2v) is 7.53. The number of carbonyl (C=O) groups is 1. The van der Waals surface area contributed by atoms with E-state index in [4.69, 9.17) is 4.74 Å². The first kappa shape index (κ1) is 18.8. The number of ether oxygens (including phenoxy) is 1. The summed E-state index contributed by atoms with van der Waals surface area (Å²) in [5.41, 5.74) is 1.10. The number of nitrogens with zero attached hydrogens (tertiary/aromatic N) is 2. The Balaban J connectivity index is 2.35. The zero-order valence-electron chi connectivity index (χ0n) is 14.7. The molecule has 0 aliphatic carbocycles. The number of benzene rings is 2. The molecule has 0 radical (unpaired) electrons. The zero-order chi connectivity index (χ0) is 18.6. The van der Waals surface area contributed by atoms with Gasteiger partial charge in [-0.1, -0.05) is 18.2 Å². The summed E-state index contributed by atoms with van der Waals surface area (Å²) in [7, 11) is -0.493. The molecule has 7 heteroatoms. The Morgan fingerprint density at radius 3 is 2.04 bits per heavy atom. The highest BCUT2D eigenvalue weighted by Gasteiger charge is 2.31. The number of likely N-dealkylation sites (N-methyl/N-ethyl adjacent to an activating group) is 1. The van der Waals surface area contributed by atoms with Crippen molar-refractivity contribution >= 4 is 27.3 Å². The van der Waals surface area contributed by atoms with Gasteiger partial charge in [-0.25, -0.2) is 8.42 Å². The Bertz CT molecular complexity index is 820. The summed E-state index contributed by atoms with van der Waals surface area (Å²) >= 11 is 0. The van der Waals surface area contributed by atoms with Crippen molar-refractivity contribution in [2.45, 2.75) is 13.0 Å².